The Labute approximate surface area is 122 Å². The van der Waals surface area contributed by atoms with Crippen molar-refractivity contribution < 1.29 is 4.79 Å². The third kappa shape index (κ3) is 4.94. The van der Waals surface area contributed by atoms with Crippen LogP contribution in [0.2, 0.25) is 0 Å². The van der Waals surface area contributed by atoms with E-state index in [1.54, 1.807) is 0 Å². The second kappa shape index (κ2) is 7.41. The zero-order chi connectivity index (χ0) is 15.2. The predicted octanol–water partition coefficient (Wildman–Crippen LogP) is 1.26. The molecule has 0 aromatic heterocycles. The van der Waals surface area contributed by atoms with Crippen molar-refractivity contribution >= 4 is 5.91 Å². The summed E-state index contributed by atoms with van der Waals surface area (Å²) in [5.74, 6) is -0.137. The summed E-state index contributed by atoms with van der Waals surface area (Å²) in [4.78, 5) is 14.3. The van der Waals surface area contributed by atoms with E-state index < -0.39 is 0 Å². The molecule has 1 amide bonds. The van der Waals surface area contributed by atoms with Crippen molar-refractivity contribution in [2.75, 3.05) is 27.2 Å². The Morgan fingerprint density at radius 1 is 1.30 bits per heavy atom. The molecule has 3 N–H and O–H groups in total. The van der Waals surface area contributed by atoms with Gasteiger partial charge in [0.1, 0.15) is 0 Å². The molecule has 1 rings (SSSR count). The SMILES string of the molecule is CN(C)C(C)(C)CNC(=O)C(CN)Cc1ccccc1. The van der Waals surface area contributed by atoms with Crippen LogP contribution in [0.15, 0.2) is 30.3 Å². The van der Waals surface area contributed by atoms with Gasteiger partial charge >= 0.3 is 0 Å². The first kappa shape index (κ1) is 16.7. The number of likely N-dealkylation sites (N-methyl/N-ethyl adjacent to an activating group) is 1. The lowest BCUT2D eigenvalue weighted by Gasteiger charge is -2.33. The van der Waals surface area contributed by atoms with Gasteiger partial charge in [-0.15, -0.1) is 0 Å². The number of carbonyl (C=O) groups is 1. The molecule has 0 saturated heterocycles. The molecule has 112 valence electrons. The van der Waals surface area contributed by atoms with E-state index in [0.717, 1.165) is 5.56 Å². The van der Waals surface area contributed by atoms with E-state index in [2.05, 4.69) is 24.1 Å². The molecule has 20 heavy (non-hydrogen) atoms. The lowest BCUT2D eigenvalue weighted by atomic mass is 9.97. The van der Waals surface area contributed by atoms with Crippen molar-refractivity contribution in [1.29, 1.82) is 0 Å². The highest BCUT2D eigenvalue weighted by Crippen LogP contribution is 2.11. The molecule has 0 bridgehead atoms. The number of nitrogens with one attached hydrogen (secondary N) is 1. The minimum absolute atomic E-state index is 0.0336. The molecule has 1 unspecified atom stereocenters. The monoisotopic (exact) mass is 277 g/mol. The number of benzene rings is 1. The van der Waals surface area contributed by atoms with Gasteiger partial charge in [0, 0.05) is 18.6 Å². The van der Waals surface area contributed by atoms with Gasteiger partial charge in [0.25, 0.3) is 0 Å². The summed E-state index contributed by atoms with van der Waals surface area (Å²) < 4.78 is 0. The van der Waals surface area contributed by atoms with Crippen LogP contribution in [0, 0.1) is 5.92 Å². The van der Waals surface area contributed by atoms with E-state index in [-0.39, 0.29) is 17.4 Å². The fourth-order valence-corrected chi connectivity index (χ4v) is 1.79. The predicted molar refractivity (Wildman–Crippen MR) is 83.5 cm³/mol. The van der Waals surface area contributed by atoms with Gasteiger partial charge < -0.3 is 16.0 Å². The van der Waals surface area contributed by atoms with E-state index in [1.807, 2.05) is 44.4 Å². The number of amides is 1. The summed E-state index contributed by atoms with van der Waals surface area (Å²) in [5.41, 5.74) is 6.82. The Bertz CT molecular complexity index is 415. The Balaban J connectivity index is 2.56. The van der Waals surface area contributed by atoms with Crippen LogP contribution in [0.25, 0.3) is 0 Å². The highest BCUT2D eigenvalue weighted by Gasteiger charge is 2.23. The molecule has 1 atom stereocenters. The van der Waals surface area contributed by atoms with Gasteiger partial charge in [-0.3, -0.25) is 4.79 Å². The van der Waals surface area contributed by atoms with E-state index in [9.17, 15) is 4.79 Å². The fraction of sp³-hybridized carbons (Fsp3) is 0.562. The van der Waals surface area contributed by atoms with Crippen LogP contribution >= 0.6 is 0 Å². The first-order valence-corrected chi connectivity index (χ1v) is 7.06. The van der Waals surface area contributed by atoms with Crippen molar-refractivity contribution in [2.45, 2.75) is 25.8 Å². The lowest BCUT2D eigenvalue weighted by Crippen LogP contribution is -2.50. The van der Waals surface area contributed by atoms with Crippen LogP contribution in [0.3, 0.4) is 0 Å². The highest BCUT2D eigenvalue weighted by molar-refractivity contribution is 5.79. The van der Waals surface area contributed by atoms with E-state index in [1.165, 1.54) is 0 Å². The van der Waals surface area contributed by atoms with Crippen LogP contribution in [0.5, 0.6) is 0 Å². The zero-order valence-corrected chi connectivity index (χ0v) is 13.0. The van der Waals surface area contributed by atoms with Gasteiger partial charge in [-0.25, -0.2) is 0 Å². The van der Waals surface area contributed by atoms with Crippen molar-refractivity contribution in [3.63, 3.8) is 0 Å². The number of hydrogen-bond donors (Lipinski definition) is 2. The van der Waals surface area contributed by atoms with E-state index in [4.69, 9.17) is 5.73 Å². The minimum atomic E-state index is -0.171. The Kier molecular flexibility index (Phi) is 6.17. The molecule has 0 spiro atoms. The Hall–Kier alpha value is -1.39. The molecule has 0 aliphatic heterocycles. The molecular weight excluding hydrogens is 250 g/mol. The van der Waals surface area contributed by atoms with Crippen LogP contribution in [0.4, 0.5) is 0 Å². The standard InChI is InChI=1S/C16H27N3O/c1-16(2,19(3)4)12-18-15(20)14(11-17)10-13-8-6-5-7-9-13/h5-9,14H,10-12,17H2,1-4H3,(H,18,20). The lowest BCUT2D eigenvalue weighted by molar-refractivity contribution is -0.125. The Morgan fingerprint density at radius 2 is 1.90 bits per heavy atom. The largest absolute Gasteiger partial charge is 0.354 e. The molecule has 4 heteroatoms. The van der Waals surface area contributed by atoms with Gasteiger partial charge in [0.15, 0.2) is 0 Å². The maximum Gasteiger partial charge on any atom is 0.224 e. The third-order valence-corrected chi connectivity index (χ3v) is 3.89. The van der Waals surface area contributed by atoms with Crippen molar-refractivity contribution in [2.24, 2.45) is 11.7 Å². The number of rotatable bonds is 7. The summed E-state index contributed by atoms with van der Waals surface area (Å²) in [6.07, 6.45) is 0.686. The molecule has 1 aromatic carbocycles. The molecule has 0 aliphatic carbocycles. The van der Waals surface area contributed by atoms with Crippen LogP contribution in [-0.2, 0) is 11.2 Å². The van der Waals surface area contributed by atoms with Gasteiger partial charge in [-0.1, -0.05) is 30.3 Å². The first-order chi connectivity index (χ1) is 9.36. The highest BCUT2D eigenvalue weighted by atomic mass is 16.1. The molecule has 0 aliphatic rings. The van der Waals surface area contributed by atoms with Crippen molar-refractivity contribution in [3.8, 4) is 0 Å². The van der Waals surface area contributed by atoms with Crippen molar-refractivity contribution in [1.82, 2.24) is 10.2 Å². The second-order valence-electron chi connectivity index (χ2n) is 6.05. The maximum absolute atomic E-state index is 12.2. The molecular formula is C16H27N3O. The van der Waals surface area contributed by atoms with Crippen LogP contribution in [-0.4, -0.2) is 43.5 Å². The summed E-state index contributed by atoms with van der Waals surface area (Å²) >= 11 is 0. The van der Waals surface area contributed by atoms with Gasteiger partial charge in [0.2, 0.25) is 5.91 Å². The summed E-state index contributed by atoms with van der Waals surface area (Å²) in [5, 5.41) is 3.01. The van der Waals surface area contributed by atoms with Crippen molar-refractivity contribution in [3.05, 3.63) is 35.9 Å². The van der Waals surface area contributed by atoms with Gasteiger partial charge in [-0.2, -0.15) is 0 Å². The number of hydrogen-bond acceptors (Lipinski definition) is 3. The maximum atomic E-state index is 12.2. The third-order valence-electron chi connectivity index (χ3n) is 3.89. The fourth-order valence-electron chi connectivity index (χ4n) is 1.79. The number of nitrogens with zero attached hydrogens (tertiary/aromatic N) is 1. The van der Waals surface area contributed by atoms with E-state index in [0.29, 0.717) is 19.5 Å². The average molecular weight is 277 g/mol. The second-order valence-corrected chi connectivity index (χ2v) is 6.05. The quantitative estimate of drug-likeness (QED) is 0.789. The normalized spacial score (nSPS) is 13.3. The van der Waals surface area contributed by atoms with Crippen LogP contribution in [0.1, 0.15) is 19.4 Å². The molecule has 0 fully saturated rings. The molecule has 0 saturated carbocycles. The molecule has 0 radical (unpaired) electrons. The molecule has 1 aromatic rings. The molecule has 4 nitrogen and oxygen atoms in total. The van der Waals surface area contributed by atoms with Gasteiger partial charge in [-0.05, 0) is 39.9 Å². The zero-order valence-electron chi connectivity index (χ0n) is 13.0. The van der Waals surface area contributed by atoms with E-state index >= 15 is 0 Å². The topological polar surface area (TPSA) is 58.4 Å². The summed E-state index contributed by atoms with van der Waals surface area (Å²) in [7, 11) is 4.02. The molecule has 0 heterocycles. The van der Waals surface area contributed by atoms with Crippen LogP contribution < -0.4 is 11.1 Å². The number of carbonyl (C=O) groups excluding carboxylic acids is 1. The summed E-state index contributed by atoms with van der Waals surface area (Å²) in [6.45, 7) is 5.18. The number of nitrogens with two attached hydrogens (primary N) is 1. The first-order valence-electron chi connectivity index (χ1n) is 7.06. The average Bonchev–Trinajstić information content (AvgIpc) is 2.43. The summed E-state index contributed by atoms with van der Waals surface area (Å²) in [6, 6.07) is 9.99. The smallest absolute Gasteiger partial charge is 0.224 e. The van der Waals surface area contributed by atoms with Gasteiger partial charge in [0.05, 0.1) is 5.92 Å². The Morgan fingerprint density at radius 3 is 2.40 bits per heavy atom. The minimum Gasteiger partial charge on any atom is -0.354 e.